The molecule has 0 bridgehead atoms. The third-order valence-electron chi connectivity index (χ3n) is 4.43. The van der Waals surface area contributed by atoms with Crippen LogP contribution < -0.4 is 10.6 Å². The molecule has 0 saturated carbocycles. The van der Waals surface area contributed by atoms with E-state index in [2.05, 4.69) is 15.6 Å². The minimum Gasteiger partial charge on any atom is -0.444 e. The van der Waals surface area contributed by atoms with E-state index in [0.29, 0.717) is 18.8 Å². The normalized spacial score (nSPS) is 21.9. The van der Waals surface area contributed by atoms with Crippen LogP contribution >= 0.6 is 11.8 Å². The highest BCUT2D eigenvalue weighted by Gasteiger charge is 2.36. The summed E-state index contributed by atoms with van der Waals surface area (Å²) < 4.78 is 19.0. The third kappa shape index (κ3) is 5.15. The predicted molar refractivity (Wildman–Crippen MR) is 105 cm³/mol. The van der Waals surface area contributed by atoms with Gasteiger partial charge in [-0.25, -0.2) is 9.18 Å². The molecule has 1 fully saturated rings. The van der Waals surface area contributed by atoms with Gasteiger partial charge in [-0.2, -0.15) is 0 Å². The van der Waals surface area contributed by atoms with Gasteiger partial charge in [-0.15, -0.1) is 11.8 Å². The molecule has 7 nitrogen and oxygen atoms in total. The molecule has 152 valence electrons. The number of ether oxygens (including phenoxy) is 1. The van der Waals surface area contributed by atoms with Gasteiger partial charge in [0.25, 0.3) is 5.91 Å². The van der Waals surface area contributed by atoms with Crippen molar-refractivity contribution in [3.63, 3.8) is 0 Å². The van der Waals surface area contributed by atoms with Crippen LogP contribution in [0.4, 0.5) is 9.18 Å². The number of thioether (sulfide) groups is 1. The quantitative estimate of drug-likeness (QED) is 0.797. The molecule has 1 aromatic heterocycles. The lowest BCUT2D eigenvalue weighted by molar-refractivity contribution is -0.118. The van der Waals surface area contributed by atoms with Crippen molar-refractivity contribution in [3.8, 4) is 0 Å². The largest absolute Gasteiger partial charge is 0.444 e. The van der Waals surface area contributed by atoms with Crippen LogP contribution in [-0.4, -0.2) is 45.9 Å². The summed E-state index contributed by atoms with van der Waals surface area (Å²) in [7, 11) is 0. The summed E-state index contributed by atoms with van der Waals surface area (Å²) in [6, 6.07) is 2.81. The first-order valence-electron chi connectivity index (χ1n) is 9.20. The summed E-state index contributed by atoms with van der Waals surface area (Å²) in [5, 5.41) is 7.67. The van der Waals surface area contributed by atoms with Crippen LogP contribution in [-0.2, 0) is 16.1 Å². The first-order valence-corrected chi connectivity index (χ1v) is 10.1. The van der Waals surface area contributed by atoms with Crippen molar-refractivity contribution in [2.75, 3.05) is 13.1 Å². The van der Waals surface area contributed by atoms with Crippen molar-refractivity contribution in [1.82, 2.24) is 20.5 Å². The van der Waals surface area contributed by atoms with Gasteiger partial charge in [0.1, 0.15) is 17.1 Å². The Morgan fingerprint density at radius 1 is 1.46 bits per heavy atom. The zero-order chi connectivity index (χ0) is 20.3. The minimum atomic E-state index is -0.518. The van der Waals surface area contributed by atoms with Crippen LogP contribution in [0.15, 0.2) is 29.4 Å². The Bertz CT molecular complexity index is 781. The molecule has 2 aliphatic heterocycles. The molecule has 28 heavy (non-hydrogen) atoms. The van der Waals surface area contributed by atoms with E-state index >= 15 is 0 Å². The number of carbonyl (C=O) groups is 2. The molecule has 3 heterocycles. The summed E-state index contributed by atoms with van der Waals surface area (Å²) >= 11 is 1.53. The zero-order valence-corrected chi connectivity index (χ0v) is 17.0. The molecule has 2 unspecified atom stereocenters. The Labute approximate surface area is 168 Å². The second-order valence-corrected chi connectivity index (χ2v) is 8.84. The topological polar surface area (TPSA) is 83.6 Å². The van der Waals surface area contributed by atoms with Crippen LogP contribution in [0.3, 0.4) is 0 Å². The smallest absolute Gasteiger partial charge is 0.410 e. The average Bonchev–Trinajstić information content (AvgIpc) is 3.28. The van der Waals surface area contributed by atoms with E-state index in [-0.39, 0.29) is 35.5 Å². The molecule has 1 saturated heterocycles. The van der Waals surface area contributed by atoms with Gasteiger partial charge in [0.05, 0.1) is 17.6 Å². The number of hydrogen-bond donors (Lipinski definition) is 2. The Hall–Kier alpha value is -2.29. The van der Waals surface area contributed by atoms with Crippen molar-refractivity contribution < 1.29 is 18.7 Å². The maximum Gasteiger partial charge on any atom is 0.410 e. The fourth-order valence-electron chi connectivity index (χ4n) is 3.05. The van der Waals surface area contributed by atoms with Gasteiger partial charge in [0.15, 0.2) is 0 Å². The Balaban J connectivity index is 1.46. The summed E-state index contributed by atoms with van der Waals surface area (Å²) in [6.07, 6.45) is 2.02. The molecule has 9 heteroatoms. The highest BCUT2D eigenvalue weighted by atomic mass is 32.2. The fourth-order valence-corrected chi connectivity index (χ4v) is 4.14. The molecule has 2 amide bonds. The Kier molecular flexibility index (Phi) is 6.12. The summed E-state index contributed by atoms with van der Waals surface area (Å²) in [5.74, 6) is -0.536. The van der Waals surface area contributed by atoms with Gasteiger partial charge < -0.3 is 20.3 Å². The van der Waals surface area contributed by atoms with Crippen LogP contribution in [0, 0.1) is 11.7 Å². The highest BCUT2D eigenvalue weighted by Crippen LogP contribution is 2.32. The van der Waals surface area contributed by atoms with E-state index in [1.54, 1.807) is 10.3 Å². The van der Waals surface area contributed by atoms with E-state index < -0.39 is 11.4 Å². The van der Waals surface area contributed by atoms with E-state index in [0.717, 1.165) is 6.42 Å². The van der Waals surface area contributed by atoms with Gasteiger partial charge in [-0.1, -0.05) is 0 Å². The van der Waals surface area contributed by atoms with Crippen molar-refractivity contribution in [2.24, 2.45) is 5.92 Å². The molecule has 0 aromatic carbocycles. The van der Waals surface area contributed by atoms with Crippen molar-refractivity contribution in [2.45, 2.75) is 44.7 Å². The lowest BCUT2D eigenvalue weighted by atomic mass is 10.1. The molecule has 2 atom stereocenters. The lowest BCUT2D eigenvalue weighted by Crippen LogP contribution is -2.39. The van der Waals surface area contributed by atoms with Gasteiger partial charge in [-0.3, -0.25) is 9.78 Å². The third-order valence-corrected chi connectivity index (χ3v) is 5.60. The molecular weight excluding hydrogens is 383 g/mol. The fraction of sp³-hybridized carbons (Fsp3) is 0.526. The van der Waals surface area contributed by atoms with Crippen LogP contribution in [0.1, 0.15) is 32.9 Å². The highest BCUT2D eigenvalue weighted by molar-refractivity contribution is 8.03. The molecule has 0 radical (unpaired) electrons. The van der Waals surface area contributed by atoms with Gasteiger partial charge in [0.2, 0.25) is 0 Å². The Morgan fingerprint density at radius 3 is 2.96 bits per heavy atom. The van der Waals surface area contributed by atoms with E-state index in [1.807, 2.05) is 20.8 Å². The van der Waals surface area contributed by atoms with Crippen molar-refractivity contribution >= 4 is 23.8 Å². The standard InChI is InChI=1S/C19H25FN4O3S/c1-19(2,3)27-18(26)24-8-6-12(10-24)17-23-15(11-28-17)16(25)22-9-14-13(20)5-4-7-21-14/h4-5,7,11-12,17,23H,6,8-10H2,1-3H3,(H,22,25). The second-order valence-electron chi connectivity index (χ2n) is 7.82. The number of likely N-dealkylation sites (tertiary alicyclic amines) is 1. The lowest BCUT2D eigenvalue weighted by Gasteiger charge is -2.25. The number of hydrogen-bond acceptors (Lipinski definition) is 6. The summed E-state index contributed by atoms with van der Waals surface area (Å²) in [5.41, 5.74) is 0.125. The number of rotatable bonds is 4. The monoisotopic (exact) mass is 408 g/mol. The number of amides is 2. The van der Waals surface area contributed by atoms with Gasteiger partial charge in [-0.05, 0) is 39.3 Å². The van der Waals surface area contributed by atoms with Crippen molar-refractivity contribution in [3.05, 3.63) is 40.9 Å². The predicted octanol–water partition coefficient (Wildman–Crippen LogP) is 2.60. The first-order chi connectivity index (χ1) is 13.2. The number of halogens is 1. The molecular formula is C19H25FN4O3S. The molecule has 2 N–H and O–H groups in total. The van der Waals surface area contributed by atoms with Crippen LogP contribution in [0.25, 0.3) is 0 Å². The SMILES string of the molecule is CC(C)(C)OC(=O)N1CCC(C2NC(C(=O)NCc3ncccc3F)=CS2)C1. The number of aromatic nitrogens is 1. The minimum absolute atomic E-state index is 0.0137. The van der Waals surface area contributed by atoms with E-state index in [9.17, 15) is 14.0 Å². The molecule has 0 aliphatic carbocycles. The van der Waals surface area contributed by atoms with Crippen molar-refractivity contribution in [1.29, 1.82) is 0 Å². The first kappa shape index (κ1) is 20.4. The molecule has 3 rings (SSSR count). The number of nitrogens with zero attached hydrogens (tertiary/aromatic N) is 2. The molecule has 1 aromatic rings. The summed E-state index contributed by atoms with van der Waals surface area (Å²) in [4.78, 5) is 30.2. The van der Waals surface area contributed by atoms with Gasteiger partial charge >= 0.3 is 6.09 Å². The second kappa shape index (κ2) is 8.38. The van der Waals surface area contributed by atoms with E-state index in [4.69, 9.17) is 4.74 Å². The van der Waals surface area contributed by atoms with Crippen LogP contribution in [0.2, 0.25) is 0 Å². The Morgan fingerprint density at radius 2 is 2.25 bits per heavy atom. The average molecular weight is 408 g/mol. The number of pyridine rings is 1. The number of nitrogens with one attached hydrogen (secondary N) is 2. The molecule has 0 spiro atoms. The maximum absolute atomic E-state index is 13.6. The summed E-state index contributed by atoms with van der Waals surface area (Å²) in [6.45, 7) is 6.78. The van der Waals surface area contributed by atoms with E-state index in [1.165, 1.54) is 30.1 Å². The number of carbonyl (C=O) groups excluding carboxylic acids is 2. The molecule has 2 aliphatic rings. The van der Waals surface area contributed by atoms with Gasteiger partial charge in [0, 0.05) is 30.6 Å². The maximum atomic E-state index is 13.6. The zero-order valence-electron chi connectivity index (χ0n) is 16.2. The van der Waals surface area contributed by atoms with Crippen LogP contribution in [0.5, 0.6) is 0 Å².